The molecule has 0 atom stereocenters. The summed E-state index contributed by atoms with van der Waals surface area (Å²) in [5, 5.41) is 6.56. The third-order valence-corrected chi connectivity index (χ3v) is 4.95. The summed E-state index contributed by atoms with van der Waals surface area (Å²) in [6.07, 6.45) is 0.620. The van der Waals surface area contributed by atoms with Gasteiger partial charge in [0.25, 0.3) is 0 Å². The Hall–Kier alpha value is -3.20. The number of carbonyl (C=O) groups excluding carboxylic acids is 1. The second-order valence-corrected chi connectivity index (χ2v) is 7.14. The van der Waals surface area contributed by atoms with Gasteiger partial charge in [-0.2, -0.15) is 0 Å². The van der Waals surface area contributed by atoms with E-state index in [1.165, 1.54) is 6.07 Å². The number of hydrogen-bond acceptors (Lipinski definition) is 5. The van der Waals surface area contributed by atoms with E-state index in [-0.39, 0.29) is 11.8 Å². The zero-order valence-corrected chi connectivity index (χ0v) is 16.3. The molecule has 0 radical (unpaired) electrons. The molecule has 0 aromatic heterocycles. The van der Waals surface area contributed by atoms with Crippen LogP contribution in [0.5, 0.6) is 11.5 Å². The summed E-state index contributed by atoms with van der Waals surface area (Å²) in [5.41, 5.74) is 1.03. The van der Waals surface area contributed by atoms with Crippen LogP contribution in [0, 0.1) is 11.6 Å². The molecule has 7 nitrogen and oxygen atoms in total. The summed E-state index contributed by atoms with van der Waals surface area (Å²) in [7, 11) is 0. The highest BCUT2D eigenvalue weighted by atomic mass is 19.2. The molecule has 2 aromatic carbocycles. The third-order valence-electron chi connectivity index (χ3n) is 4.95. The molecule has 2 aliphatic rings. The van der Waals surface area contributed by atoms with Gasteiger partial charge in [-0.25, -0.2) is 13.6 Å². The Bertz CT molecular complexity index is 946. The van der Waals surface area contributed by atoms with Gasteiger partial charge in [-0.15, -0.1) is 0 Å². The van der Waals surface area contributed by atoms with Crippen molar-refractivity contribution >= 4 is 11.9 Å². The first-order valence-electron chi connectivity index (χ1n) is 9.76. The van der Waals surface area contributed by atoms with Gasteiger partial charge in [-0.1, -0.05) is 17.3 Å². The number of nitrogens with one attached hydrogen (secondary N) is 1. The van der Waals surface area contributed by atoms with Crippen molar-refractivity contribution in [3.05, 3.63) is 59.7 Å². The number of carbonyl (C=O) groups is 1. The van der Waals surface area contributed by atoms with E-state index in [1.54, 1.807) is 11.0 Å². The van der Waals surface area contributed by atoms with Crippen molar-refractivity contribution in [3.63, 3.8) is 0 Å². The van der Waals surface area contributed by atoms with E-state index in [4.69, 9.17) is 9.57 Å². The minimum Gasteiger partial charge on any atom is -0.457 e. The van der Waals surface area contributed by atoms with Gasteiger partial charge in [0.05, 0.1) is 0 Å². The highest BCUT2D eigenvalue weighted by molar-refractivity contribution is 5.97. The fraction of sp³-hybridized carbons (Fsp3) is 0.333. The lowest BCUT2D eigenvalue weighted by molar-refractivity contribution is 0.138. The Morgan fingerprint density at radius 1 is 1.07 bits per heavy atom. The first kappa shape index (κ1) is 20.1. The van der Waals surface area contributed by atoms with Crippen molar-refractivity contribution in [2.75, 3.05) is 32.8 Å². The van der Waals surface area contributed by atoms with Crippen molar-refractivity contribution in [1.29, 1.82) is 0 Å². The van der Waals surface area contributed by atoms with Gasteiger partial charge in [-0.3, -0.25) is 10.2 Å². The van der Waals surface area contributed by atoms with E-state index in [9.17, 15) is 13.6 Å². The molecule has 0 unspecified atom stereocenters. The van der Waals surface area contributed by atoms with Crippen molar-refractivity contribution in [1.82, 2.24) is 15.1 Å². The summed E-state index contributed by atoms with van der Waals surface area (Å²) in [4.78, 5) is 21.2. The van der Waals surface area contributed by atoms with Gasteiger partial charge >= 0.3 is 6.03 Å². The summed E-state index contributed by atoms with van der Waals surface area (Å²) in [6, 6.07) is 10.8. The molecule has 1 fully saturated rings. The number of oxime groups is 1. The first-order valence-corrected chi connectivity index (χ1v) is 9.76. The van der Waals surface area contributed by atoms with Crippen LogP contribution in [0.2, 0.25) is 0 Å². The van der Waals surface area contributed by atoms with Crippen LogP contribution >= 0.6 is 0 Å². The number of ether oxygens (including phenoxy) is 1. The van der Waals surface area contributed by atoms with Gasteiger partial charge in [0, 0.05) is 45.2 Å². The minimum absolute atomic E-state index is 0.152. The predicted octanol–water partition coefficient (Wildman–Crippen LogP) is 3.32. The van der Waals surface area contributed by atoms with Gasteiger partial charge in [0.1, 0.15) is 18.1 Å². The van der Waals surface area contributed by atoms with Crippen molar-refractivity contribution < 1.29 is 23.1 Å². The van der Waals surface area contributed by atoms with Gasteiger partial charge < -0.3 is 14.5 Å². The molecule has 30 heavy (non-hydrogen) atoms. The Labute approximate surface area is 172 Å². The molecule has 1 N–H and O–H groups in total. The lowest BCUT2D eigenvalue weighted by atomic mass is 10.2. The number of nitrogens with zero attached hydrogens (tertiary/aromatic N) is 3. The fourth-order valence-electron chi connectivity index (χ4n) is 3.35. The molecule has 0 bridgehead atoms. The lowest BCUT2D eigenvalue weighted by Gasteiger charge is -2.34. The highest BCUT2D eigenvalue weighted by Crippen LogP contribution is 2.24. The quantitative estimate of drug-likeness (QED) is 0.831. The molecule has 0 saturated carbocycles. The molecular formula is C21H22F2N4O3. The van der Waals surface area contributed by atoms with E-state index >= 15 is 0 Å². The normalized spacial score (nSPS) is 16.7. The standard InChI is InChI=1S/C21H22F2N4O3/c22-18-5-4-17(13-19(18)23)30-16-3-1-2-15(12-16)14-26-7-9-27(10-8-26)21(28)24-20-6-11-29-25-20/h1-5,12-13H,6-11,14H2,(H,24,25,28). The number of rotatable bonds is 4. The van der Waals surface area contributed by atoms with E-state index in [0.717, 1.165) is 30.8 Å². The number of halogens is 2. The fourth-order valence-corrected chi connectivity index (χ4v) is 3.35. The summed E-state index contributed by atoms with van der Waals surface area (Å²) >= 11 is 0. The van der Waals surface area contributed by atoms with E-state index < -0.39 is 11.6 Å². The number of amidine groups is 1. The third kappa shape index (κ3) is 5.04. The van der Waals surface area contributed by atoms with Crippen LogP contribution in [0.1, 0.15) is 12.0 Å². The molecule has 2 aromatic rings. The Morgan fingerprint density at radius 3 is 2.60 bits per heavy atom. The average Bonchev–Trinajstić information content (AvgIpc) is 3.25. The molecule has 158 valence electrons. The maximum absolute atomic E-state index is 13.4. The van der Waals surface area contributed by atoms with E-state index in [2.05, 4.69) is 15.4 Å². The van der Waals surface area contributed by atoms with E-state index in [0.29, 0.717) is 44.2 Å². The molecule has 2 amide bonds. The van der Waals surface area contributed by atoms with E-state index in [1.807, 2.05) is 18.2 Å². The SMILES string of the molecule is O=C(NC1=NOCC1)N1CCN(Cc2cccc(Oc3ccc(F)c(F)c3)c2)CC1. The Kier molecular flexibility index (Phi) is 6.08. The topological polar surface area (TPSA) is 66.4 Å². The average molecular weight is 416 g/mol. The molecule has 0 aliphatic carbocycles. The molecule has 0 spiro atoms. The zero-order chi connectivity index (χ0) is 20.9. The van der Waals surface area contributed by atoms with Crippen LogP contribution < -0.4 is 10.1 Å². The Balaban J connectivity index is 1.29. The van der Waals surface area contributed by atoms with Gasteiger partial charge in [0.2, 0.25) is 0 Å². The second kappa shape index (κ2) is 9.08. The van der Waals surface area contributed by atoms with Crippen LogP contribution in [-0.4, -0.2) is 54.5 Å². The molecule has 9 heteroatoms. The maximum Gasteiger partial charge on any atom is 0.322 e. The predicted molar refractivity (Wildman–Crippen MR) is 106 cm³/mol. The molecule has 2 heterocycles. The van der Waals surface area contributed by atoms with Crippen molar-refractivity contribution in [3.8, 4) is 11.5 Å². The molecular weight excluding hydrogens is 394 g/mol. The number of urea groups is 1. The lowest BCUT2D eigenvalue weighted by Crippen LogP contribution is -2.52. The summed E-state index contributed by atoms with van der Waals surface area (Å²) in [6.45, 7) is 3.92. The van der Waals surface area contributed by atoms with Crippen LogP contribution in [0.3, 0.4) is 0 Å². The monoisotopic (exact) mass is 416 g/mol. The zero-order valence-electron chi connectivity index (χ0n) is 16.3. The number of benzene rings is 2. The molecule has 2 aliphatic heterocycles. The first-order chi connectivity index (χ1) is 14.6. The number of piperazine rings is 1. The summed E-state index contributed by atoms with van der Waals surface area (Å²) in [5.74, 6) is -0.495. The van der Waals surface area contributed by atoms with Gasteiger partial charge in [0.15, 0.2) is 17.5 Å². The minimum atomic E-state index is -0.946. The largest absolute Gasteiger partial charge is 0.457 e. The van der Waals surface area contributed by atoms with Crippen molar-refractivity contribution in [2.45, 2.75) is 13.0 Å². The molecule has 1 saturated heterocycles. The maximum atomic E-state index is 13.4. The Morgan fingerprint density at radius 2 is 1.87 bits per heavy atom. The number of amides is 2. The van der Waals surface area contributed by atoms with Gasteiger partial charge in [-0.05, 0) is 29.8 Å². The van der Waals surface area contributed by atoms with Crippen LogP contribution in [-0.2, 0) is 11.4 Å². The van der Waals surface area contributed by atoms with Crippen LogP contribution in [0.25, 0.3) is 0 Å². The number of hydrogen-bond donors (Lipinski definition) is 1. The van der Waals surface area contributed by atoms with Crippen LogP contribution in [0.15, 0.2) is 47.6 Å². The van der Waals surface area contributed by atoms with Crippen LogP contribution in [0.4, 0.5) is 13.6 Å². The smallest absolute Gasteiger partial charge is 0.322 e. The molecule has 4 rings (SSSR count). The second-order valence-electron chi connectivity index (χ2n) is 7.14. The summed E-state index contributed by atoms with van der Waals surface area (Å²) < 4.78 is 32.1. The highest BCUT2D eigenvalue weighted by Gasteiger charge is 2.23. The van der Waals surface area contributed by atoms with Crippen molar-refractivity contribution in [2.24, 2.45) is 5.16 Å².